The zero-order valence-corrected chi connectivity index (χ0v) is 11.0. The third kappa shape index (κ3) is 2.23. The quantitative estimate of drug-likeness (QED) is 0.797. The highest BCUT2D eigenvalue weighted by Gasteiger charge is 2.19. The van der Waals surface area contributed by atoms with Crippen molar-refractivity contribution in [1.29, 1.82) is 0 Å². The van der Waals surface area contributed by atoms with Crippen molar-refractivity contribution >= 4 is 22.2 Å². The normalized spacial score (nSPS) is 20.2. The van der Waals surface area contributed by atoms with E-state index in [9.17, 15) is 4.79 Å². The molecule has 3 nitrogen and oxygen atoms in total. The SMILES string of the molecule is CCc1c(Br)cc(C=O)n1C[C@H]1CCCO1. The molecule has 1 aromatic heterocycles. The smallest absolute Gasteiger partial charge is 0.166 e. The van der Waals surface area contributed by atoms with Gasteiger partial charge in [0.1, 0.15) is 0 Å². The molecule has 1 fully saturated rings. The van der Waals surface area contributed by atoms with Crippen LogP contribution in [0, 0.1) is 0 Å². The first-order valence-electron chi connectivity index (χ1n) is 5.71. The number of hydrogen-bond acceptors (Lipinski definition) is 2. The first kappa shape index (κ1) is 11.9. The number of nitrogens with zero attached hydrogens (tertiary/aromatic N) is 1. The summed E-state index contributed by atoms with van der Waals surface area (Å²) in [4.78, 5) is 11.0. The average Bonchev–Trinajstić information content (AvgIpc) is 2.87. The van der Waals surface area contributed by atoms with Gasteiger partial charge < -0.3 is 9.30 Å². The molecule has 0 aromatic carbocycles. The third-order valence-electron chi connectivity index (χ3n) is 3.05. The number of aromatic nitrogens is 1. The van der Waals surface area contributed by atoms with Gasteiger partial charge in [-0.1, -0.05) is 6.92 Å². The van der Waals surface area contributed by atoms with Crippen LogP contribution in [0.2, 0.25) is 0 Å². The number of carbonyl (C=O) groups excluding carboxylic acids is 1. The minimum absolute atomic E-state index is 0.267. The number of hydrogen-bond donors (Lipinski definition) is 0. The minimum atomic E-state index is 0.267. The van der Waals surface area contributed by atoms with Crippen LogP contribution in [0.25, 0.3) is 0 Å². The van der Waals surface area contributed by atoms with Gasteiger partial charge in [0, 0.05) is 23.3 Å². The number of rotatable bonds is 4. The second-order valence-corrected chi connectivity index (χ2v) is 4.94. The van der Waals surface area contributed by atoms with Gasteiger partial charge in [0.2, 0.25) is 0 Å². The Labute approximate surface area is 104 Å². The first-order valence-corrected chi connectivity index (χ1v) is 6.50. The molecule has 0 amide bonds. The highest BCUT2D eigenvalue weighted by molar-refractivity contribution is 9.10. The largest absolute Gasteiger partial charge is 0.376 e. The Morgan fingerprint density at radius 2 is 2.50 bits per heavy atom. The number of halogens is 1. The van der Waals surface area contributed by atoms with Crippen molar-refractivity contribution in [2.75, 3.05) is 6.61 Å². The second-order valence-electron chi connectivity index (χ2n) is 4.08. The highest BCUT2D eigenvalue weighted by atomic mass is 79.9. The van der Waals surface area contributed by atoms with Gasteiger partial charge in [-0.25, -0.2) is 0 Å². The summed E-state index contributed by atoms with van der Waals surface area (Å²) in [6.45, 7) is 3.74. The monoisotopic (exact) mass is 285 g/mol. The van der Waals surface area contributed by atoms with Crippen LogP contribution in [0.5, 0.6) is 0 Å². The summed E-state index contributed by atoms with van der Waals surface area (Å²) in [7, 11) is 0. The van der Waals surface area contributed by atoms with E-state index >= 15 is 0 Å². The van der Waals surface area contributed by atoms with E-state index in [0.717, 1.165) is 48.9 Å². The zero-order valence-electron chi connectivity index (χ0n) is 9.41. The molecular weight excluding hydrogens is 270 g/mol. The van der Waals surface area contributed by atoms with Gasteiger partial charge in [0.05, 0.1) is 11.8 Å². The molecule has 0 radical (unpaired) electrons. The molecular formula is C12H16BrNO2. The van der Waals surface area contributed by atoms with Crippen LogP contribution in [-0.2, 0) is 17.7 Å². The van der Waals surface area contributed by atoms with Crippen molar-refractivity contribution in [1.82, 2.24) is 4.57 Å². The predicted molar refractivity (Wildman–Crippen MR) is 65.9 cm³/mol. The van der Waals surface area contributed by atoms with E-state index in [4.69, 9.17) is 4.74 Å². The van der Waals surface area contributed by atoms with Crippen LogP contribution in [0.1, 0.15) is 35.9 Å². The van der Waals surface area contributed by atoms with Crippen LogP contribution >= 0.6 is 15.9 Å². The van der Waals surface area contributed by atoms with E-state index < -0.39 is 0 Å². The summed E-state index contributed by atoms with van der Waals surface area (Å²) in [5, 5.41) is 0. The Hall–Kier alpha value is -0.610. The summed E-state index contributed by atoms with van der Waals surface area (Å²) < 4.78 is 8.71. The Morgan fingerprint density at radius 1 is 1.69 bits per heavy atom. The van der Waals surface area contributed by atoms with Crippen LogP contribution in [-0.4, -0.2) is 23.6 Å². The van der Waals surface area contributed by atoms with Gasteiger partial charge in [0.15, 0.2) is 6.29 Å². The van der Waals surface area contributed by atoms with Crippen LogP contribution in [0.15, 0.2) is 10.5 Å². The number of aldehydes is 1. The van der Waals surface area contributed by atoms with E-state index in [1.54, 1.807) is 0 Å². The van der Waals surface area contributed by atoms with E-state index in [1.165, 1.54) is 5.69 Å². The molecule has 0 aliphatic carbocycles. The van der Waals surface area contributed by atoms with Gasteiger partial charge in [-0.2, -0.15) is 0 Å². The summed E-state index contributed by atoms with van der Waals surface area (Å²) in [6.07, 6.45) is 4.32. The third-order valence-corrected chi connectivity index (χ3v) is 3.74. The summed E-state index contributed by atoms with van der Waals surface area (Å²) >= 11 is 3.50. The maximum absolute atomic E-state index is 11.0. The van der Waals surface area contributed by atoms with Crippen LogP contribution < -0.4 is 0 Å². The molecule has 4 heteroatoms. The summed E-state index contributed by atoms with van der Waals surface area (Å²) in [5.41, 5.74) is 1.91. The maximum Gasteiger partial charge on any atom is 0.166 e. The number of carbonyl (C=O) groups is 1. The molecule has 1 aliphatic rings. The minimum Gasteiger partial charge on any atom is -0.376 e. The Morgan fingerprint density at radius 3 is 3.06 bits per heavy atom. The Balaban J connectivity index is 2.25. The fourth-order valence-corrected chi connectivity index (χ4v) is 2.97. The molecule has 0 N–H and O–H groups in total. The lowest BCUT2D eigenvalue weighted by molar-refractivity contribution is 0.0946. The standard InChI is InChI=1S/C12H16BrNO2/c1-2-12-11(13)6-9(8-15)14(12)7-10-4-3-5-16-10/h6,8,10H,2-5,7H2,1H3/t10-/m1/s1. The van der Waals surface area contributed by atoms with Gasteiger partial charge in [-0.15, -0.1) is 0 Å². The first-order chi connectivity index (χ1) is 7.76. The lowest BCUT2D eigenvalue weighted by Gasteiger charge is -2.15. The van der Waals surface area contributed by atoms with Gasteiger partial charge in [-0.05, 0) is 41.3 Å². The molecule has 16 heavy (non-hydrogen) atoms. The van der Waals surface area contributed by atoms with Crippen LogP contribution in [0.4, 0.5) is 0 Å². The molecule has 0 saturated carbocycles. The van der Waals surface area contributed by atoms with Gasteiger partial charge in [0.25, 0.3) is 0 Å². The molecule has 1 atom stereocenters. The molecule has 1 saturated heterocycles. The molecule has 0 spiro atoms. The maximum atomic E-state index is 11.0. The van der Waals surface area contributed by atoms with E-state index in [0.29, 0.717) is 0 Å². The van der Waals surface area contributed by atoms with Crippen LogP contribution in [0.3, 0.4) is 0 Å². The van der Waals surface area contributed by atoms with Crippen molar-refractivity contribution in [3.8, 4) is 0 Å². The zero-order chi connectivity index (χ0) is 11.5. The molecule has 2 rings (SSSR count). The van der Waals surface area contributed by atoms with Crippen molar-refractivity contribution < 1.29 is 9.53 Å². The van der Waals surface area contributed by atoms with E-state index in [1.807, 2.05) is 6.07 Å². The topological polar surface area (TPSA) is 31.2 Å². The average molecular weight is 286 g/mol. The summed E-state index contributed by atoms with van der Waals surface area (Å²) in [6, 6.07) is 1.89. The van der Waals surface area contributed by atoms with Gasteiger partial charge in [-0.3, -0.25) is 4.79 Å². The van der Waals surface area contributed by atoms with Crippen molar-refractivity contribution in [2.45, 2.75) is 38.8 Å². The molecule has 1 aliphatic heterocycles. The fourth-order valence-electron chi connectivity index (χ4n) is 2.24. The van der Waals surface area contributed by atoms with Crippen molar-refractivity contribution in [3.63, 3.8) is 0 Å². The van der Waals surface area contributed by atoms with Crippen molar-refractivity contribution in [2.24, 2.45) is 0 Å². The Bertz CT molecular complexity index is 381. The van der Waals surface area contributed by atoms with E-state index in [2.05, 4.69) is 27.4 Å². The lowest BCUT2D eigenvalue weighted by Crippen LogP contribution is -2.18. The predicted octanol–water partition coefficient (Wildman–Crippen LogP) is 2.80. The molecule has 2 heterocycles. The molecule has 88 valence electrons. The van der Waals surface area contributed by atoms with Gasteiger partial charge >= 0.3 is 0 Å². The molecule has 0 bridgehead atoms. The fraction of sp³-hybridized carbons (Fsp3) is 0.583. The number of ether oxygens (including phenoxy) is 1. The second kappa shape index (κ2) is 5.15. The lowest BCUT2D eigenvalue weighted by atomic mass is 10.2. The molecule has 1 aromatic rings. The molecule has 0 unspecified atom stereocenters. The van der Waals surface area contributed by atoms with Crippen molar-refractivity contribution in [3.05, 3.63) is 21.9 Å². The van der Waals surface area contributed by atoms with E-state index in [-0.39, 0.29) is 6.10 Å². The highest BCUT2D eigenvalue weighted by Crippen LogP contribution is 2.24. The Kier molecular flexibility index (Phi) is 3.82. The summed E-state index contributed by atoms with van der Waals surface area (Å²) in [5.74, 6) is 0.